The number of hydrogen-bond acceptors (Lipinski definition) is 3. The number of ether oxygens (including phenoxy) is 1. The first kappa shape index (κ1) is 15.3. The Morgan fingerprint density at radius 1 is 1.19 bits per heavy atom. The van der Waals surface area contributed by atoms with Gasteiger partial charge >= 0.3 is 0 Å². The maximum atomic E-state index is 12.5. The van der Waals surface area contributed by atoms with E-state index in [2.05, 4.69) is 0 Å². The van der Waals surface area contributed by atoms with E-state index in [-0.39, 0.29) is 18.2 Å². The molecule has 112 valence electrons. The number of nitrogens with zero attached hydrogens (tertiary/aromatic N) is 1. The molecule has 0 amide bonds. The summed E-state index contributed by atoms with van der Waals surface area (Å²) in [7, 11) is 1.63. The second kappa shape index (κ2) is 6.59. The van der Waals surface area contributed by atoms with Crippen molar-refractivity contribution in [3.8, 4) is 17.0 Å². The second-order valence-corrected chi connectivity index (χ2v) is 5.06. The predicted molar refractivity (Wildman–Crippen MR) is 83.6 cm³/mol. The lowest BCUT2D eigenvalue weighted by Gasteiger charge is -2.20. The normalized spacial score (nSPS) is 12.2. The molecule has 4 heteroatoms. The van der Waals surface area contributed by atoms with Gasteiger partial charge in [-0.3, -0.25) is 4.79 Å². The lowest BCUT2D eigenvalue weighted by atomic mass is 10.1. The van der Waals surface area contributed by atoms with Gasteiger partial charge < -0.3 is 14.4 Å². The molecular weight excluding hydrogens is 266 g/mol. The highest BCUT2D eigenvalue weighted by atomic mass is 16.5. The van der Waals surface area contributed by atoms with Crippen molar-refractivity contribution in [2.45, 2.75) is 32.9 Å². The lowest BCUT2D eigenvalue weighted by molar-refractivity contribution is 0.278. The largest absolute Gasteiger partial charge is 0.497 e. The number of pyridine rings is 1. The van der Waals surface area contributed by atoms with Gasteiger partial charge in [0.1, 0.15) is 5.75 Å². The fraction of sp³-hybridized carbons (Fsp3) is 0.353. The SMILES string of the molecule is CCC(C)n1c(-c2ccc(OC)cc2)ccc(CO)c1=O. The van der Waals surface area contributed by atoms with Crippen molar-refractivity contribution in [2.24, 2.45) is 0 Å². The van der Waals surface area contributed by atoms with E-state index in [0.717, 1.165) is 23.4 Å². The summed E-state index contributed by atoms with van der Waals surface area (Å²) in [6, 6.07) is 11.3. The average Bonchev–Trinajstić information content (AvgIpc) is 2.54. The molecule has 4 nitrogen and oxygen atoms in total. The van der Waals surface area contributed by atoms with Crippen molar-refractivity contribution in [3.63, 3.8) is 0 Å². The van der Waals surface area contributed by atoms with Gasteiger partial charge in [-0.25, -0.2) is 0 Å². The van der Waals surface area contributed by atoms with E-state index in [9.17, 15) is 9.90 Å². The first-order valence-corrected chi connectivity index (χ1v) is 7.12. The molecule has 21 heavy (non-hydrogen) atoms. The number of hydrogen-bond donors (Lipinski definition) is 1. The minimum atomic E-state index is -0.238. The van der Waals surface area contributed by atoms with Crippen molar-refractivity contribution in [3.05, 3.63) is 52.3 Å². The molecule has 1 atom stereocenters. The van der Waals surface area contributed by atoms with Crippen molar-refractivity contribution in [2.75, 3.05) is 7.11 Å². The van der Waals surface area contributed by atoms with E-state index in [4.69, 9.17) is 4.74 Å². The molecule has 1 unspecified atom stereocenters. The molecule has 0 saturated carbocycles. The monoisotopic (exact) mass is 287 g/mol. The Balaban J connectivity index is 2.61. The first-order valence-electron chi connectivity index (χ1n) is 7.12. The van der Waals surface area contributed by atoms with Crippen LogP contribution in [0.4, 0.5) is 0 Å². The third-order valence-corrected chi connectivity index (χ3v) is 3.78. The Kier molecular flexibility index (Phi) is 4.81. The van der Waals surface area contributed by atoms with Gasteiger partial charge in [0.05, 0.1) is 19.4 Å². The number of rotatable bonds is 5. The number of methoxy groups -OCH3 is 1. The molecule has 1 aromatic heterocycles. The summed E-state index contributed by atoms with van der Waals surface area (Å²) < 4.78 is 6.92. The molecule has 0 aliphatic carbocycles. The van der Waals surface area contributed by atoms with E-state index in [1.807, 2.05) is 44.2 Å². The van der Waals surface area contributed by atoms with Crippen molar-refractivity contribution in [1.82, 2.24) is 4.57 Å². The number of aromatic nitrogens is 1. The highest BCUT2D eigenvalue weighted by Gasteiger charge is 2.14. The third-order valence-electron chi connectivity index (χ3n) is 3.78. The number of aliphatic hydroxyl groups excluding tert-OH is 1. The predicted octanol–water partition coefficient (Wildman–Crippen LogP) is 2.99. The zero-order chi connectivity index (χ0) is 15.4. The Morgan fingerprint density at radius 3 is 2.38 bits per heavy atom. The van der Waals surface area contributed by atoms with Crippen LogP contribution in [-0.2, 0) is 6.61 Å². The van der Waals surface area contributed by atoms with Crippen LogP contribution in [0.25, 0.3) is 11.3 Å². The van der Waals surface area contributed by atoms with Crippen LogP contribution < -0.4 is 10.3 Å². The van der Waals surface area contributed by atoms with E-state index in [1.54, 1.807) is 17.7 Å². The van der Waals surface area contributed by atoms with Crippen LogP contribution in [-0.4, -0.2) is 16.8 Å². The van der Waals surface area contributed by atoms with E-state index in [0.29, 0.717) is 5.56 Å². The molecule has 1 heterocycles. The van der Waals surface area contributed by atoms with E-state index in [1.165, 1.54) is 0 Å². The molecule has 0 saturated heterocycles. The molecule has 0 aliphatic rings. The molecule has 0 spiro atoms. The highest BCUT2D eigenvalue weighted by Crippen LogP contribution is 2.25. The van der Waals surface area contributed by atoms with Crippen LogP contribution in [0.5, 0.6) is 5.75 Å². The van der Waals surface area contributed by atoms with E-state index >= 15 is 0 Å². The number of aliphatic hydroxyl groups is 1. The smallest absolute Gasteiger partial charge is 0.256 e. The van der Waals surface area contributed by atoms with Gasteiger partial charge in [0, 0.05) is 11.6 Å². The van der Waals surface area contributed by atoms with Gasteiger partial charge in [0.2, 0.25) is 0 Å². The van der Waals surface area contributed by atoms with Gasteiger partial charge in [-0.1, -0.05) is 6.92 Å². The Labute approximate surface area is 124 Å². The lowest BCUT2D eigenvalue weighted by Crippen LogP contribution is -2.27. The second-order valence-electron chi connectivity index (χ2n) is 5.06. The molecule has 0 bridgehead atoms. The fourth-order valence-electron chi connectivity index (χ4n) is 2.33. The minimum Gasteiger partial charge on any atom is -0.497 e. The third kappa shape index (κ3) is 3.00. The van der Waals surface area contributed by atoms with Crippen LogP contribution in [0, 0.1) is 0 Å². The topological polar surface area (TPSA) is 51.5 Å². The van der Waals surface area contributed by atoms with Gasteiger partial charge in [-0.05, 0) is 55.3 Å². The number of benzene rings is 1. The Bertz CT molecular complexity index is 659. The summed E-state index contributed by atoms with van der Waals surface area (Å²) in [5, 5.41) is 9.30. The molecule has 2 aromatic rings. The van der Waals surface area contributed by atoms with Crippen LogP contribution >= 0.6 is 0 Å². The van der Waals surface area contributed by atoms with Crippen LogP contribution in [0.2, 0.25) is 0 Å². The van der Waals surface area contributed by atoms with Crippen LogP contribution in [0.1, 0.15) is 31.9 Å². The highest BCUT2D eigenvalue weighted by molar-refractivity contribution is 5.61. The van der Waals surface area contributed by atoms with Crippen molar-refractivity contribution in [1.29, 1.82) is 0 Å². The maximum absolute atomic E-state index is 12.5. The fourth-order valence-corrected chi connectivity index (χ4v) is 2.33. The standard InChI is InChI=1S/C17H21NO3/c1-4-12(2)18-16(10-7-14(11-19)17(18)20)13-5-8-15(21-3)9-6-13/h5-10,12,19H,4,11H2,1-3H3. The van der Waals surface area contributed by atoms with Crippen molar-refractivity contribution >= 4 is 0 Å². The Morgan fingerprint density at radius 2 is 1.86 bits per heavy atom. The summed E-state index contributed by atoms with van der Waals surface area (Å²) in [5.74, 6) is 0.781. The molecule has 2 rings (SSSR count). The summed E-state index contributed by atoms with van der Waals surface area (Å²) in [6.45, 7) is 3.81. The summed E-state index contributed by atoms with van der Waals surface area (Å²) in [6.07, 6.45) is 0.845. The minimum absolute atomic E-state index is 0.0705. The van der Waals surface area contributed by atoms with Gasteiger partial charge in [-0.2, -0.15) is 0 Å². The molecule has 1 aromatic carbocycles. The molecule has 0 radical (unpaired) electrons. The zero-order valence-corrected chi connectivity index (χ0v) is 12.7. The summed E-state index contributed by atoms with van der Waals surface area (Å²) in [5.41, 5.74) is 2.11. The quantitative estimate of drug-likeness (QED) is 0.919. The van der Waals surface area contributed by atoms with Crippen LogP contribution in [0.15, 0.2) is 41.2 Å². The first-order chi connectivity index (χ1) is 10.1. The molecule has 0 aliphatic heterocycles. The summed E-state index contributed by atoms with van der Waals surface area (Å²) >= 11 is 0. The molecule has 0 fully saturated rings. The van der Waals surface area contributed by atoms with Crippen LogP contribution in [0.3, 0.4) is 0 Å². The van der Waals surface area contributed by atoms with Gasteiger partial charge in [0.25, 0.3) is 5.56 Å². The van der Waals surface area contributed by atoms with Gasteiger partial charge in [-0.15, -0.1) is 0 Å². The average molecular weight is 287 g/mol. The zero-order valence-electron chi connectivity index (χ0n) is 12.7. The molecular formula is C17H21NO3. The van der Waals surface area contributed by atoms with Gasteiger partial charge in [0.15, 0.2) is 0 Å². The maximum Gasteiger partial charge on any atom is 0.256 e. The Hall–Kier alpha value is -2.07. The summed E-state index contributed by atoms with van der Waals surface area (Å²) in [4.78, 5) is 12.5. The van der Waals surface area contributed by atoms with E-state index < -0.39 is 0 Å². The van der Waals surface area contributed by atoms with Crippen molar-refractivity contribution < 1.29 is 9.84 Å². The molecule has 1 N–H and O–H groups in total.